The zero-order chi connectivity index (χ0) is 33.5. The fourth-order valence-corrected chi connectivity index (χ4v) is 7.50. The van der Waals surface area contributed by atoms with Crippen molar-refractivity contribution in [3.8, 4) is 16.9 Å². The number of pyridine rings is 1. The molecule has 10 nitrogen and oxygen atoms in total. The smallest absolute Gasteiger partial charge is 0.491 e. The lowest BCUT2D eigenvalue weighted by atomic mass is 9.91. The molecule has 0 spiro atoms. The highest BCUT2D eigenvalue weighted by Crippen LogP contribution is 2.40. The average molecular weight is 693 g/mol. The van der Waals surface area contributed by atoms with Gasteiger partial charge in [0.05, 0.1) is 47.3 Å². The molecule has 0 amide bonds. The highest BCUT2D eigenvalue weighted by molar-refractivity contribution is 7.18. The van der Waals surface area contributed by atoms with E-state index in [-0.39, 0.29) is 43.5 Å². The number of thiophene rings is 1. The largest absolute Gasteiger partial charge is 0.522 e. The second kappa shape index (κ2) is 13.5. The third-order valence-corrected chi connectivity index (χ3v) is 9.74. The number of benzene rings is 1. The van der Waals surface area contributed by atoms with Crippen LogP contribution in [0.25, 0.3) is 21.3 Å². The number of fused-ring (bicyclic) bond motifs is 2. The van der Waals surface area contributed by atoms with Gasteiger partial charge in [-0.2, -0.15) is 0 Å². The molecule has 0 unspecified atom stereocenters. The van der Waals surface area contributed by atoms with Crippen LogP contribution in [-0.4, -0.2) is 81.9 Å². The van der Waals surface area contributed by atoms with Crippen molar-refractivity contribution in [2.45, 2.75) is 58.2 Å². The van der Waals surface area contributed by atoms with Gasteiger partial charge < -0.3 is 14.6 Å². The zero-order valence-corrected chi connectivity index (χ0v) is 27.2. The number of nitrogens with zero attached hydrogens (tertiary/aromatic N) is 4. The summed E-state index contributed by atoms with van der Waals surface area (Å²) >= 11 is 7.67. The van der Waals surface area contributed by atoms with E-state index >= 15 is 0 Å². The number of carboxylic acids is 1. The van der Waals surface area contributed by atoms with Crippen LogP contribution in [0.5, 0.6) is 5.75 Å². The highest BCUT2D eigenvalue weighted by atomic mass is 35.5. The maximum atomic E-state index is 13.8. The minimum absolute atomic E-state index is 0.0298. The molecule has 15 heteroatoms. The first-order valence-electron chi connectivity index (χ1n) is 15.1. The topological polar surface area (TPSA) is 116 Å². The Morgan fingerprint density at radius 1 is 1.21 bits per heavy atom. The summed E-state index contributed by atoms with van der Waals surface area (Å²) in [5.41, 5.74) is 3.77. The Labute approximate surface area is 276 Å². The van der Waals surface area contributed by atoms with Gasteiger partial charge in [-0.05, 0) is 57.4 Å². The Morgan fingerprint density at radius 2 is 2.02 bits per heavy atom. The summed E-state index contributed by atoms with van der Waals surface area (Å²) < 4.78 is 55.7. The van der Waals surface area contributed by atoms with E-state index in [1.165, 1.54) is 11.3 Å². The molecule has 6 rings (SSSR count). The van der Waals surface area contributed by atoms with E-state index < -0.39 is 25.0 Å². The minimum atomic E-state index is -4.72. The van der Waals surface area contributed by atoms with Crippen molar-refractivity contribution in [1.82, 2.24) is 19.4 Å². The normalized spacial score (nSPS) is 18.8. The van der Waals surface area contributed by atoms with E-state index in [0.29, 0.717) is 63.0 Å². The molecule has 4 aromatic rings. The maximum absolute atomic E-state index is 13.8. The van der Waals surface area contributed by atoms with Gasteiger partial charge in [0.2, 0.25) is 0 Å². The minimum Gasteiger partial charge on any atom is -0.491 e. The van der Waals surface area contributed by atoms with E-state index in [9.17, 15) is 27.9 Å². The Kier molecular flexibility index (Phi) is 9.59. The molecule has 250 valence electrons. The number of alkyl halides is 3. The summed E-state index contributed by atoms with van der Waals surface area (Å²) in [6.07, 6.45) is -3.66. The van der Waals surface area contributed by atoms with E-state index in [1.54, 1.807) is 42.0 Å². The van der Waals surface area contributed by atoms with Crippen molar-refractivity contribution < 1.29 is 37.3 Å². The third kappa shape index (κ3) is 7.31. The van der Waals surface area contributed by atoms with Crippen molar-refractivity contribution in [2.75, 3.05) is 32.9 Å². The number of aromatic nitrogens is 3. The van der Waals surface area contributed by atoms with Gasteiger partial charge in [0.1, 0.15) is 18.2 Å². The second-order valence-corrected chi connectivity index (χ2v) is 12.9. The van der Waals surface area contributed by atoms with Crippen molar-refractivity contribution >= 4 is 39.1 Å². The van der Waals surface area contributed by atoms with Crippen LogP contribution in [0.3, 0.4) is 0 Å². The van der Waals surface area contributed by atoms with Gasteiger partial charge in [-0.3, -0.25) is 24.0 Å². The molecule has 4 heterocycles. The number of halogens is 4. The first kappa shape index (κ1) is 33.3. The van der Waals surface area contributed by atoms with Crippen LogP contribution in [0.1, 0.15) is 39.6 Å². The second-order valence-electron chi connectivity index (χ2n) is 11.6. The standard InChI is InChI=1S/C32H32ClF3N4O6S/c1-17-11-23(29-28(37-17)25(16-47-29)31(42)43)22-12-19(33)3-6-27(22)45-10-8-40-18(2)38-26-5-4-20(13-24(26)30(40)41)39-7-9-44-21(14-39)15-46-32(34,35)36/h3,6,11-12,16,20-21H,4-5,7-10,13-15H2,1-2H3,(H,42,43)/t20-,21-/m0/s1. The van der Waals surface area contributed by atoms with E-state index in [1.807, 2.05) is 6.07 Å². The lowest BCUT2D eigenvalue weighted by Gasteiger charge is -2.40. The lowest BCUT2D eigenvalue weighted by Crippen LogP contribution is -2.51. The summed E-state index contributed by atoms with van der Waals surface area (Å²) in [5.74, 6) is 0.0204. The van der Waals surface area contributed by atoms with Gasteiger partial charge in [0.15, 0.2) is 0 Å². The van der Waals surface area contributed by atoms with E-state index in [4.69, 9.17) is 26.1 Å². The molecule has 1 fully saturated rings. The summed E-state index contributed by atoms with van der Waals surface area (Å²) in [6, 6.07) is 7.03. The number of hydrogen-bond acceptors (Lipinski definition) is 9. The Balaban J connectivity index is 1.19. The number of rotatable bonds is 9. The predicted octanol–water partition coefficient (Wildman–Crippen LogP) is 5.66. The van der Waals surface area contributed by atoms with Crippen LogP contribution in [0.4, 0.5) is 13.2 Å². The van der Waals surface area contributed by atoms with Crippen molar-refractivity contribution in [3.63, 3.8) is 0 Å². The monoisotopic (exact) mass is 692 g/mol. The summed E-state index contributed by atoms with van der Waals surface area (Å²) in [7, 11) is 0. The first-order chi connectivity index (χ1) is 22.4. The van der Waals surface area contributed by atoms with Crippen LogP contribution in [0.15, 0.2) is 34.4 Å². The Morgan fingerprint density at radius 3 is 2.79 bits per heavy atom. The number of carboxylic acid groups (broad SMARTS) is 1. The first-order valence-corrected chi connectivity index (χ1v) is 16.3. The number of aryl methyl sites for hydroxylation is 3. The van der Waals surface area contributed by atoms with Crippen molar-refractivity contribution in [2.24, 2.45) is 0 Å². The predicted molar refractivity (Wildman–Crippen MR) is 170 cm³/mol. The molecular formula is C32H32ClF3N4O6S. The fourth-order valence-electron chi connectivity index (χ4n) is 6.32. The molecule has 0 bridgehead atoms. The van der Waals surface area contributed by atoms with Gasteiger partial charge in [0, 0.05) is 51.9 Å². The van der Waals surface area contributed by atoms with Crippen LogP contribution in [0, 0.1) is 13.8 Å². The molecule has 0 radical (unpaired) electrons. The van der Waals surface area contributed by atoms with Gasteiger partial charge in [0.25, 0.3) is 5.56 Å². The van der Waals surface area contributed by atoms with Crippen LogP contribution in [0.2, 0.25) is 5.02 Å². The molecule has 2 aliphatic rings. The van der Waals surface area contributed by atoms with E-state index in [2.05, 4.69) is 14.6 Å². The Bertz CT molecular complexity index is 1880. The fraction of sp³-hybridized carbons (Fsp3) is 0.438. The van der Waals surface area contributed by atoms with Crippen LogP contribution in [-0.2, 0) is 28.9 Å². The lowest BCUT2D eigenvalue weighted by molar-refractivity contribution is -0.333. The van der Waals surface area contributed by atoms with Gasteiger partial charge >= 0.3 is 12.3 Å². The summed E-state index contributed by atoms with van der Waals surface area (Å²) in [5, 5.41) is 11.7. The zero-order valence-electron chi connectivity index (χ0n) is 25.6. The van der Waals surface area contributed by atoms with Crippen molar-refractivity contribution in [3.05, 3.63) is 73.4 Å². The van der Waals surface area contributed by atoms with E-state index in [0.717, 1.165) is 17.7 Å². The van der Waals surface area contributed by atoms with Gasteiger partial charge in [-0.15, -0.1) is 24.5 Å². The maximum Gasteiger partial charge on any atom is 0.522 e. The quantitative estimate of drug-likeness (QED) is 0.237. The molecule has 2 atom stereocenters. The molecule has 1 aliphatic carbocycles. The molecule has 1 aliphatic heterocycles. The molecular weight excluding hydrogens is 661 g/mol. The number of morpholine rings is 1. The summed E-state index contributed by atoms with van der Waals surface area (Å²) in [6.45, 7) is 4.48. The Hall–Kier alpha value is -3.56. The molecule has 1 N–H and O–H groups in total. The molecule has 1 aromatic carbocycles. The molecule has 0 saturated carbocycles. The third-order valence-electron chi connectivity index (χ3n) is 8.50. The molecule has 1 saturated heterocycles. The average Bonchev–Trinajstić information content (AvgIpc) is 3.46. The molecule has 3 aromatic heterocycles. The molecule has 47 heavy (non-hydrogen) atoms. The van der Waals surface area contributed by atoms with Crippen molar-refractivity contribution in [1.29, 1.82) is 0 Å². The summed E-state index contributed by atoms with van der Waals surface area (Å²) in [4.78, 5) is 36.8. The van der Waals surface area contributed by atoms with Crippen LogP contribution >= 0.6 is 22.9 Å². The number of hydrogen-bond donors (Lipinski definition) is 1. The van der Waals surface area contributed by atoms with Crippen LogP contribution < -0.4 is 10.3 Å². The number of carbonyl (C=O) groups is 1. The SMILES string of the molecule is Cc1cc(-c2cc(Cl)ccc2OCCn2c(C)nc3c(c2=O)C[C@@H](N2CCO[C@H](COC(F)(F)F)C2)CC3)c2scc(C(=O)O)c2n1. The number of aromatic carboxylic acids is 1. The number of ether oxygens (including phenoxy) is 3. The van der Waals surface area contributed by atoms with Gasteiger partial charge in [-0.25, -0.2) is 9.78 Å². The highest BCUT2D eigenvalue weighted by Gasteiger charge is 2.35. The van der Waals surface area contributed by atoms with Gasteiger partial charge in [-0.1, -0.05) is 11.6 Å².